The first kappa shape index (κ1) is 15.5. The molecule has 106 valence electrons. The summed E-state index contributed by atoms with van der Waals surface area (Å²) in [6.45, 7) is 4.69. The highest BCUT2D eigenvalue weighted by Gasteiger charge is 2.26. The topological polar surface area (TPSA) is 49.8 Å². The summed E-state index contributed by atoms with van der Waals surface area (Å²) in [6.07, 6.45) is 0.971. The molecule has 4 nitrogen and oxygen atoms in total. The second-order valence-electron chi connectivity index (χ2n) is 5.37. The Kier molecular flexibility index (Phi) is 5.36. The predicted octanol–water partition coefficient (Wildman–Crippen LogP) is 2.42. The summed E-state index contributed by atoms with van der Waals surface area (Å²) in [5.74, 6) is 0.112. The molecule has 1 rings (SSSR count). The molecular formula is C15H23NO3. The van der Waals surface area contributed by atoms with Gasteiger partial charge in [-0.25, -0.2) is 0 Å². The molecule has 0 fully saturated rings. The largest absolute Gasteiger partial charge is 0.496 e. The monoisotopic (exact) mass is 265 g/mol. The maximum absolute atomic E-state index is 10.8. The maximum Gasteiger partial charge on any atom is 0.305 e. The van der Waals surface area contributed by atoms with Crippen LogP contribution < -0.4 is 4.74 Å². The van der Waals surface area contributed by atoms with Crippen LogP contribution in [0.4, 0.5) is 0 Å². The van der Waals surface area contributed by atoms with Crippen molar-refractivity contribution in [3.8, 4) is 5.75 Å². The molecule has 0 saturated carbocycles. The van der Waals surface area contributed by atoms with E-state index in [0.29, 0.717) is 0 Å². The summed E-state index contributed by atoms with van der Waals surface area (Å²) in [5, 5.41) is 8.92. The molecule has 0 aliphatic rings. The van der Waals surface area contributed by atoms with E-state index in [1.54, 1.807) is 7.11 Å². The number of carbonyl (C=O) groups is 1. The number of hydrogen-bond acceptors (Lipinski definition) is 3. The van der Waals surface area contributed by atoms with Crippen molar-refractivity contribution in [2.75, 3.05) is 20.7 Å². The SMILES string of the molecule is COc1ccccc1CCN(C)C(C)(C)CC(=O)O. The first-order valence-electron chi connectivity index (χ1n) is 6.42. The molecule has 0 bridgehead atoms. The number of rotatable bonds is 7. The van der Waals surface area contributed by atoms with Crippen molar-refractivity contribution in [3.63, 3.8) is 0 Å². The molecule has 4 heteroatoms. The van der Waals surface area contributed by atoms with E-state index >= 15 is 0 Å². The smallest absolute Gasteiger partial charge is 0.305 e. The van der Waals surface area contributed by atoms with Gasteiger partial charge >= 0.3 is 5.97 Å². The molecule has 0 unspecified atom stereocenters. The highest BCUT2D eigenvalue weighted by atomic mass is 16.5. The first-order chi connectivity index (χ1) is 8.86. The van der Waals surface area contributed by atoms with Crippen molar-refractivity contribution < 1.29 is 14.6 Å². The summed E-state index contributed by atoms with van der Waals surface area (Å²) in [7, 11) is 3.62. The molecule has 1 aromatic carbocycles. The quantitative estimate of drug-likeness (QED) is 0.822. The molecular weight excluding hydrogens is 242 g/mol. The van der Waals surface area contributed by atoms with Gasteiger partial charge in [0.05, 0.1) is 13.5 Å². The number of aliphatic carboxylic acids is 1. The number of likely N-dealkylation sites (N-methyl/N-ethyl adjacent to an activating group) is 1. The maximum atomic E-state index is 10.8. The molecule has 0 amide bonds. The second kappa shape index (κ2) is 6.57. The molecule has 0 aliphatic heterocycles. The fraction of sp³-hybridized carbons (Fsp3) is 0.533. The zero-order valence-electron chi connectivity index (χ0n) is 12.1. The lowest BCUT2D eigenvalue weighted by atomic mass is 9.98. The zero-order chi connectivity index (χ0) is 14.5. The van der Waals surface area contributed by atoms with Crippen LogP contribution in [0.3, 0.4) is 0 Å². The van der Waals surface area contributed by atoms with Gasteiger partial charge in [0, 0.05) is 12.1 Å². The molecule has 0 aromatic heterocycles. The standard InChI is InChI=1S/C15H23NO3/c1-15(2,11-14(17)18)16(3)10-9-12-7-5-6-8-13(12)19-4/h5-8H,9-11H2,1-4H3,(H,17,18). The number of ether oxygens (including phenoxy) is 1. The molecule has 1 N–H and O–H groups in total. The Labute approximate surface area is 115 Å². The molecule has 0 spiro atoms. The lowest BCUT2D eigenvalue weighted by Gasteiger charge is -2.34. The van der Waals surface area contributed by atoms with Crippen molar-refractivity contribution in [1.82, 2.24) is 4.90 Å². The Bertz CT molecular complexity index is 429. The van der Waals surface area contributed by atoms with E-state index in [4.69, 9.17) is 9.84 Å². The Hall–Kier alpha value is -1.55. The minimum Gasteiger partial charge on any atom is -0.496 e. The normalized spacial score (nSPS) is 11.6. The third-order valence-electron chi connectivity index (χ3n) is 3.53. The Morgan fingerprint density at radius 1 is 1.37 bits per heavy atom. The summed E-state index contributed by atoms with van der Waals surface area (Å²) in [5.41, 5.74) is 0.788. The molecule has 1 aromatic rings. The number of methoxy groups -OCH3 is 1. The fourth-order valence-electron chi connectivity index (χ4n) is 2.01. The summed E-state index contributed by atoms with van der Waals surface area (Å²) in [4.78, 5) is 12.9. The van der Waals surface area contributed by atoms with Gasteiger partial charge in [-0.2, -0.15) is 0 Å². The molecule has 19 heavy (non-hydrogen) atoms. The van der Waals surface area contributed by atoms with Gasteiger partial charge in [-0.15, -0.1) is 0 Å². The molecule has 0 aliphatic carbocycles. The van der Waals surface area contributed by atoms with E-state index in [0.717, 1.165) is 24.3 Å². The van der Waals surface area contributed by atoms with Crippen LogP contribution in [-0.4, -0.2) is 42.2 Å². The number of carboxylic acids is 1. The predicted molar refractivity (Wildman–Crippen MR) is 75.7 cm³/mol. The third-order valence-corrected chi connectivity index (χ3v) is 3.53. The van der Waals surface area contributed by atoms with Crippen LogP contribution in [0.2, 0.25) is 0 Å². The van der Waals surface area contributed by atoms with E-state index in [1.165, 1.54) is 0 Å². The van der Waals surface area contributed by atoms with Crippen molar-refractivity contribution in [2.45, 2.75) is 32.2 Å². The van der Waals surface area contributed by atoms with Gasteiger partial charge in [-0.1, -0.05) is 18.2 Å². The molecule has 0 heterocycles. The minimum absolute atomic E-state index is 0.134. The van der Waals surface area contributed by atoms with E-state index in [9.17, 15) is 4.79 Å². The number of benzene rings is 1. The van der Waals surface area contributed by atoms with Crippen molar-refractivity contribution >= 4 is 5.97 Å². The van der Waals surface area contributed by atoms with Crippen LogP contribution in [0.15, 0.2) is 24.3 Å². The second-order valence-corrected chi connectivity index (χ2v) is 5.37. The lowest BCUT2D eigenvalue weighted by Crippen LogP contribution is -2.43. The summed E-state index contributed by atoms with van der Waals surface area (Å²) < 4.78 is 5.32. The number of para-hydroxylation sites is 1. The average molecular weight is 265 g/mol. The first-order valence-corrected chi connectivity index (χ1v) is 6.42. The average Bonchev–Trinajstić information content (AvgIpc) is 2.34. The van der Waals surface area contributed by atoms with Crippen LogP contribution in [0.1, 0.15) is 25.8 Å². The van der Waals surface area contributed by atoms with Gasteiger partial charge in [-0.05, 0) is 38.9 Å². The Morgan fingerprint density at radius 2 is 2.00 bits per heavy atom. The van der Waals surface area contributed by atoms with E-state index in [2.05, 4.69) is 4.90 Å². The fourth-order valence-corrected chi connectivity index (χ4v) is 2.01. The van der Waals surface area contributed by atoms with E-state index < -0.39 is 5.97 Å². The van der Waals surface area contributed by atoms with Crippen LogP contribution in [0.25, 0.3) is 0 Å². The van der Waals surface area contributed by atoms with Crippen LogP contribution in [0.5, 0.6) is 5.75 Å². The highest BCUT2D eigenvalue weighted by molar-refractivity contribution is 5.68. The summed E-state index contributed by atoms with van der Waals surface area (Å²) in [6, 6.07) is 7.91. The Balaban J connectivity index is 2.63. The van der Waals surface area contributed by atoms with Crippen molar-refractivity contribution in [3.05, 3.63) is 29.8 Å². The van der Waals surface area contributed by atoms with Gasteiger partial charge in [0.15, 0.2) is 0 Å². The highest BCUT2D eigenvalue weighted by Crippen LogP contribution is 2.21. The van der Waals surface area contributed by atoms with Crippen LogP contribution in [-0.2, 0) is 11.2 Å². The number of hydrogen-bond donors (Lipinski definition) is 1. The van der Waals surface area contributed by atoms with Crippen molar-refractivity contribution in [2.24, 2.45) is 0 Å². The van der Waals surface area contributed by atoms with Gasteiger partial charge in [0.25, 0.3) is 0 Å². The molecule has 0 radical (unpaired) electrons. The number of nitrogens with zero attached hydrogens (tertiary/aromatic N) is 1. The van der Waals surface area contributed by atoms with Crippen LogP contribution in [0, 0.1) is 0 Å². The van der Waals surface area contributed by atoms with Gasteiger partial charge in [0.2, 0.25) is 0 Å². The van der Waals surface area contributed by atoms with Crippen molar-refractivity contribution in [1.29, 1.82) is 0 Å². The summed E-state index contributed by atoms with van der Waals surface area (Å²) >= 11 is 0. The number of carboxylic acid groups (broad SMARTS) is 1. The van der Waals surface area contributed by atoms with Gasteiger partial charge in [0.1, 0.15) is 5.75 Å². The lowest BCUT2D eigenvalue weighted by molar-refractivity contribution is -0.139. The van der Waals surface area contributed by atoms with Gasteiger partial charge < -0.3 is 14.7 Å². The van der Waals surface area contributed by atoms with E-state index in [-0.39, 0.29) is 12.0 Å². The molecule has 0 saturated heterocycles. The zero-order valence-corrected chi connectivity index (χ0v) is 12.1. The van der Waals surface area contributed by atoms with Gasteiger partial charge in [-0.3, -0.25) is 4.79 Å². The Morgan fingerprint density at radius 3 is 2.58 bits per heavy atom. The van der Waals surface area contributed by atoms with E-state index in [1.807, 2.05) is 45.2 Å². The third kappa shape index (κ3) is 4.56. The molecule has 0 atom stereocenters. The van der Waals surface area contributed by atoms with Crippen LogP contribution >= 0.6 is 0 Å². The minimum atomic E-state index is -0.769.